The number of carbonyl (C=O) groups excluding carboxylic acids is 3. The van der Waals surface area contributed by atoms with Crippen molar-refractivity contribution in [3.63, 3.8) is 0 Å². The summed E-state index contributed by atoms with van der Waals surface area (Å²) in [4.78, 5) is 30.7. The van der Waals surface area contributed by atoms with Gasteiger partial charge in [-0.1, -0.05) is 25.6 Å². The molecular formula is C9H16N2O3S. The summed E-state index contributed by atoms with van der Waals surface area (Å²) in [6.45, 7) is 3.85. The lowest BCUT2D eigenvalue weighted by atomic mass is 10.1. The summed E-state index contributed by atoms with van der Waals surface area (Å²) < 4.78 is 0. The molecule has 0 radical (unpaired) electrons. The topological polar surface area (TPSA) is 89.3 Å². The molecule has 0 aliphatic carbocycles. The lowest BCUT2D eigenvalue weighted by molar-refractivity contribution is -0.132. The Morgan fingerprint density at radius 2 is 1.80 bits per heavy atom. The maximum atomic E-state index is 10.3. The van der Waals surface area contributed by atoms with E-state index in [1.165, 1.54) is 0 Å². The number of piperidine rings is 1. The number of carbonyl (C=O) groups is 3. The molecule has 1 rings (SSSR count). The van der Waals surface area contributed by atoms with Crippen LogP contribution in [0.4, 0.5) is 4.79 Å². The summed E-state index contributed by atoms with van der Waals surface area (Å²) in [7, 11) is 0. The van der Waals surface area contributed by atoms with Crippen LogP contribution in [0.25, 0.3) is 0 Å². The van der Waals surface area contributed by atoms with E-state index in [2.05, 4.69) is 5.32 Å². The fourth-order valence-electron chi connectivity index (χ4n) is 0.922. The summed E-state index contributed by atoms with van der Waals surface area (Å²) in [5, 5.41) is 2.22. The Morgan fingerprint density at radius 3 is 1.93 bits per heavy atom. The van der Waals surface area contributed by atoms with Crippen molar-refractivity contribution in [1.29, 1.82) is 0 Å². The number of primary amides is 1. The third-order valence-electron chi connectivity index (χ3n) is 1.44. The lowest BCUT2D eigenvalue weighted by Gasteiger charge is -2.07. The third kappa shape index (κ3) is 9.27. The van der Waals surface area contributed by atoms with Crippen LogP contribution in [-0.2, 0) is 9.59 Å². The summed E-state index contributed by atoms with van der Waals surface area (Å²) in [6.07, 6.45) is 1.72. The van der Waals surface area contributed by atoms with E-state index in [4.69, 9.17) is 5.73 Å². The summed E-state index contributed by atoms with van der Waals surface area (Å²) in [5.41, 5.74) is 4.82. The number of hydrogen-bond donors (Lipinski definition) is 2. The molecule has 0 saturated carbocycles. The summed E-state index contributed by atoms with van der Waals surface area (Å²) in [6, 6.07) is 0. The van der Waals surface area contributed by atoms with Crippen molar-refractivity contribution < 1.29 is 14.4 Å². The minimum Gasteiger partial charge on any atom is -0.361 e. The van der Waals surface area contributed by atoms with Crippen LogP contribution < -0.4 is 11.1 Å². The van der Waals surface area contributed by atoms with Crippen molar-refractivity contribution in [2.24, 2.45) is 5.73 Å². The Labute approximate surface area is 93.2 Å². The van der Waals surface area contributed by atoms with Crippen LogP contribution in [0.5, 0.6) is 0 Å². The average molecular weight is 232 g/mol. The van der Waals surface area contributed by atoms with Gasteiger partial charge in [0.2, 0.25) is 11.8 Å². The van der Waals surface area contributed by atoms with Crippen LogP contribution in [-0.4, -0.2) is 22.3 Å². The Bertz CT molecular complexity index is 240. The van der Waals surface area contributed by atoms with Crippen LogP contribution in [0.3, 0.4) is 0 Å². The van der Waals surface area contributed by atoms with E-state index in [-0.39, 0.29) is 17.1 Å². The minimum absolute atomic E-state index is 0.138. The second kappa shape index (κ2) is 7.28. The van der Waals surface area contributed by atoms with Crippen molar-refractivity contribution in [3.8, 4) is 0 Å². The monoisotopic (exact) mass is 232 g/mol. The van der Waals surface area contributed by atoms with Crippen molar-refractivity contribution in [2.45, 2.75) is 38.4 Å². The highest BCUT2D eigenvalue weighted by molar-refractivity contribution is 8.14. The molecular weight excluding hydrogens is 216 g/mol. The molecule has 3 amide bonds. The van der Waals surface area contributed by atoms with Crippen LogP contribution in [0.1, 0.15) is 33.1 Å². The van der Waals surface area contributed by atoms with Gasteiger partial charge in [0.1, 0.15) is 0 Å². The molecule has 1 aliphatic rings. The molecule has 1 fully saturated rings. The number of hydrogen-bond acceptors (Lipinski definition) is 4. The molecule has 0 aromatic heterocycles. The van der Waals surface area contributed by atoms with Crippen LogP contribution in [0.2, 0.25) is 0 Å². The predicted octanol–water partition coefficient (Wildman–Crippen LogP) is 1.02. The zero-order chi connectivity index (χ0) is 11.8. The molecule has 1 saturated heterocycles. The second-order valence-corrected chi connectivity index (χ2v) is 4.89. The van der Waals surface area contributed by atoms with Crippen LogP contribution in [0.15, 0.2) is 0 Å². The van der Waals surface area contributed by atoms with Gasteiger partial charge in [0.25, 0.3) is 5.24 Å². The molecule has 1 heterocycles. The van der Waals surface area contributed by atoms with Crippen molar-refractivity contribution in [1.82, 2.24) is 5.32 Å². The molecule has 0 spiro atoms. The van der Waals surface area contributed by atoms with Gasteiger partial charge in [-0.05, 0) is 6.42 Å². The first kappa shape index (κ1) is 14.0. The molecule has 15 heavy (non-hydrogen) atoms. The van der Waals surface area contributed by atoms with Gasteiger partial charge in [0.15, 0.2) is 0 Å². The van der Waals surface area contributed by atoms with Gasteiger partial charge in [0, 0.05) is 18.1 Å². The molecule has 0 bridgehead atoms. The number of thioether (sulfide) groups is 1. The van der Waals surface area contributed by atoms with E-state index in [1.54, 1.807) is 0 Å². The molecule has 86 valence electrons. The molecule has 0 unspecified atom stereocenters. The Balaban J connectivity index is 0.000000265. The van der Waals surface area contributed by atoms with Gasteiger partial charge >= 0.3 is 0 Å². The Morgan fingerprint density at radius 1 is 1.33 bits per heavy atom. The SMILES string of the molecule is CC(C)SC(N)=O.O=C1CCCC(=O)N1. The van der Waals surface area contributed by atoms with Gasteiger partial charge < -0.3 is 5.73 Å². The zero-order valence-corrected chi connectivity index (χ0v) is 9.73. The van der Waals surface area contributed by atoms with Crippen molar-refractivity contribution in [2.75, 3.05) is 0 Å². The first-order valence-corrected chi connectivity index (χ1v) is 5.58. The molecule has 0 aromatic rings. The van der Waals surface area contributed by atoms with Gasteiger partial charge in [-0.2, -0.15) is 0 Å². The quantitative estimate of drug-likeness (QED) is 0.660. The first-order chi connectivity index (χ1) is 6.91. The smallest absolute Gasteiger partial charge is 0.276 e. The molecule has 0 atom stereocenters. The highest BCUT2D eigenvalue weighted by Crippen LogP contribution is 2.06. The van der Waals surface area contributed by atoms with Crippen molar-refractivity contribution >= 4 is 28.8 Å². The number of nitrogens with one attached hydrogen (secondary N) is 1. The third-order valence-corrected chi connectivity index (χ3v) is 2.14. The highest BCUT2D eigenvalue weighted by atomic mass is 32.2. The molecule has 3 N–H and O–H groups in total. The Hall–Kier alpha value is -1.04. The normalized spacial score (nSPS) is 15.4. The predicted molar refractivity (Wildman–Crippen MR) is 59.3 cm³/mol. The zero-order valence-electron chi connectivity index (χ0n) is 8.91. The number of amides is 3. The fraction of sp³-hybridized carbons (Fsp3) is 0.667. The van der Waals surface area contributed by atoms with Crippen LogP contribution in [0, 0.1) is 0 Å². The summed E-state index contributed by atoms with van der Waals surface area (Å²) >= 11 is 1.15. The summed E-state index contributed by atoms with van der Waals surface area (Å²) in [5.74, 6) is -0.275. The maximum Gasteiger partial charge on any atom is 0.276 e. The van der Waals surface area contributed by atoms with Crippen LogP contribution >= 0.6 is 11.8 Å². The number of nitrogens with two attached hydrogens (primary N) is 1. The van der Waals surface area contributed by atoms with E-state index in [0.29, 0.717) is 24.5 Å². The van der Waals surface area contributed by atoms with Gasteiger partial charge in [-0.3, -0.25) is 19.7 Å². The average Bonchev–Trinajstić information content (AvgIpc) is 2.01. The van der Waals surface area contributed by atoms with Gasteiger partial charge in [-0.15, -0.1) is 0 Å². The Kier molecular flexibility index (Phi) is 6.77. The standard InChI is InChI=1S/C5H7NO2.C4H9NOS/c7-4-2-1-3-5(8)6-4;1-3(2)7-4(5)6/h1-3H2,(H,6,7,8);3H,1-2H3,(H2,5,6). The highest BCUT2D eigenvalue weighted by Gasteiger charge is 2.12. The molecule has 1 aliphatic heterocycles. The maximum absolute atomic E-state index is 10.3. The molecule has 5 nitrogen and oxygen atoms in total. The van der Waals surface area contributed by atoms with Gasteiger partial charge in [0.05, 0.1) is 0 Å². The van der Waals surface area contributed by atoms with Crippen molar-refractivity contribution in [3.05, 3.63) is 0 Å². The lowest BCUT2D eigenvalue weighted by Crippen LogP contribution is -2.33. The first-order valence-electron chi connectivity index (χ1n) is 4.70. The van der Waals surface area contributed by atoms with E-state index >= 15 is 0 Å². The minimum atomic E-state index is -0.296. The van der Waals surface area contributed by atoms with Gasteiger partial charge in [-0.25, -0.2) is 0 Å². The van der Waals surface area contributed by atoms with E-state index in [1.807, 2.05) is 13.8 Å². The second-order valence-electron chi connectivity index (χ2n) is 3.31. The van der Waals surface area contributed by atoms with E-state index in [0.717, 1.165) is 11.8 Å². The van der Waals surface area contributed by atoms with E-state index in [9.17, 15) is 14.4 Å². The fourth-order valence-corrected chi connectivity index (χ4v) is 1.39. The van der Waals surface area contributed by atoms with E-state index < -0.39 is 0 Å². The molecule has 6 heteroatoms. The molecule has 0 aromatic carbocycles. The number of imide groups is 1. The number of rotatable bonds is 1. The largest absolute Gasteiger partial charge is 0.361 e.